The van der Waals surface area contributed by atoms with E-state index in [4.69, 9.17) is 23.7 Å². The molecule has 2 aromatic rings. The van der Waals surface area contributed by atoms with Crippen LogP contribution < -0.4 is 23.7 Å². The third kappa shape index (κ3) is 2.58. The van der Waals surface area contributed by atoms with Gasteiger partial charge in [0, 0.05) is 11.6 Å². The van der Waals surface area contributed by atoms with Crippen molar-refractivity contribution in [3.05, 3.63) is 41.0 Å². The van der Waals surface area contributed by atoms with Crippen molar-refractivity contribution >= 4 is 5.78 Å². The van der Waals surface area contributed by atoms with E-state index in [-0.39, 0.29) is 34.8 Å². The lowest BCUT2D eigenvalue weighted by Gasteiger charge is -2.46. The van der Waals surface area contributed by atoms with Gasteiger partial charge in [0.2, 0.25) is 5.78 Å². The van der Waals surface area contributed by atoms with Crippen molar-refractivity contribution < 1.29 is 43.8 Å². The Bertz CT molecular complexity index is 1120. The molecule has 0 aliphatic carbocycles. The van der Waals surface area contributed by atoms with Crippen LogP contribution in [0.25, 0.3) is 0 Å². The molecule has 0 radical (unpaired) electrons. The highest BCUT2D eigenvalue weighted by Gasteiger charge is 2.57. The summed E-state index contributed by atoms with van der Waals surface area (Å²) in [5.41, 5.74) is -2.66. The second kappa shape index (κ2) is 6.74. The van der Waals surface area contributed by atoms with Crippen LogP contribution in [0.3, 0.4) is 0 Å². The number of aliphatic hydroxyl groups is 3. The fourth-order valence-corrected chi connectivity index (χ4v) is 4.61. The number of carbonyl (C=O) groups excluding carboxylic acids is 1. The summed E-state index contributed by atoms with van der Waals surface area (Å²) in [5, 5.41) is 33.0. The minimum Gasteiger partial charge on any atom is -0.493 e. The monoisotopic (exact) mass is 444 g/mol. The van der Waals surface area contributed by atoms with Crippen LogP contribution in [0.5, 0.6) is 28.7 Å². The fourth-order valence-electron chi connectivity index (χ4n) is 4.61. The lowest BCUT2D eigenvalue weighted by atomic mass is 9.76. The second-order valence-corrected chi connectivity index (χ2v) is 8.67. The van der Waals surface area contributed by atoms with Gasteiger partial charge < -0.3 is 39.0 Å². The molecule has 9 heteroatoms. The molecule has 0 saturated heterocycles. The van der Waals surface area contributed by atoms with Crippen molar-refractivity contribution in [3.8, 4) is 28.7 Å². The zero-order chi connectivity index (χ0) is 23.0. The maximum atomic E-state index is 13.6. The Balaban J connectivity index is 1.67. The summed E-state index contributed by atoms with van der Waals surface area (Å²) in [6, 6.07) is 6.06. The molecule has 0 unspecified atom stereocenters. The van der Waals surface area contributed by atoms with Crippen molar-refractivity contribution in [2.75, 3.05) is 20.8 Å². The number of carbonyl (C=O) groups is 1. The van der Waals surface area contributed by atoms with Crippen LogP contribution in [0.1, 0.15) is 41.4 Å². The number of rotatable bonds is 2. The van der Waals surface area contributed by atoms with Gasteiger partial charge in [0.15, 0.2) is 23.2 Å². The molecule has 32 heavy (non-hydrogen) atoms. The molecule has 0 fully saturated rings. The van der Waals surface area contributed by atoms with Crippen LogP contribution in [-0.4, -0.2) is 59.7 Å². The smallest absolute Gasteiger partial charge is 0.206 e. The topological polar surface area (TPSA) is 124 Å². The van der Waals surface area contributed by atoms with E-state index in [1.54, 1.807) is 19.9 Å². The first-order valence-corrected chi connectivity index (χ1v) is 10.2. The first kappa shape index (κ1) is 20.9. The average Bonchev–Trinajstić information content (AvgIpc) is 2.77. The molecular weight excluding hydrogens is 420 g/mol. The Morgan fingerprint density at radius 2 is 1.75 bits per heavy atom. The van der Waals surface area contributed by atoms with E-state index < -0.39 is 35.3 Å². The predicted molar refractivity (Wildman–Crippen MR) is 110 cm³/mol. The van der Waals surface area contributed by atoms with Gasteiger partial charge in [0.1, 0.15) is 41.7 Å². The summed E-state index contributed by atoms with van der Waals surface area (Å²) >= 11 is 0. The molecule has 3 N–H and O–H groups in total. The van der Waals surface area contributed by atoms with E-state index >= 15 is 0 Å². The lowest BCUT2D eigenvalue weighted by Crippen LogP contribution is -2.58. The largest absolute Gasteiger partial charge is 0.493 e. The molecule has 3 aliphatic heterocycles. The Kier molecular flexibility index (Phi) is 4.40. The normalized spacial score (nSPS) is 29.2. The number of ether oxygens (including phenoxy) is 5. The molecule has 3 heterocycles. The van der Waals surface area contributed by atoms with Crippen molar-refractivity contribution in [3.63, 3.8) is 0 Å². The number of hydrogen-bond acceptors (Lipinski definition) is 9. The average molecular weight is 444 g/mol. The van der Waals surface area contributed by atoms with Gasteiger partial charge in [-0.25, -0.2) is 0 Å². The van der Waals surface area contributed by atoms with Gasteiger partial charge in [0.25, 0.3) is 0 Å². The Hall–Kier alpha value is -3.01. The zero-order valence-corrected chi connectivity index (χ0v) is 18.0. The number of benzene rings is 2. The summed E-state index contributed by atoms with van der Waals surface area (Å²) in [6.07, 6.45) is -3.69. The molecule has 170 valence electrons. The minimum absolute atomic E-state index is 0.0664. The molecule has 0 spiro atoms. The molecule has 9 nitrogen and oxygen atoms in total. The van der Waals surface area contributed by atoms with Crippen LogP contribution in [0.4, 0.5) is 0 Å². The zero-order valence-electron chi connectivity index (χ0n) is 18.0. The molecule has 0 saturated carbocycles. The second-order valence-electron chi connectivity index (χ2n) is 8.67. The number of methoxy groups -OCH3 is 2. The standard InChI is InChI=1S/C23H24O9/c1-22(2)21(26)18(24)17-12(32-22)6-5-10-19(17)31-16-9-30-13-8-15(29-4)14(28-3)7-11(13)23(16,27)20(10)25/h5-8,16,18,21,24,26-27H,9H2,1-4H3/t16-,18-,21-,23-/m1/s1. The number of fused-ring (bicyclic) bond motifs is 6. The van der Waals surface area contributed by atoms with Crippen LogP contribution in [0, 0.1) is 0 Å². The molecule has 0 amide bonds. The molecular formula is C23H24O9. The van der Waals surface area contributed by atoms with E-state index in [1.807, 2.05) is 0 Å². The van der Waals surface area contributed by atoms with Gasteiger partial charge in [-0.15, -0.1) is 0 Å². The number of hydrogen-bond donors (Lipinski definition) is 3. The highest BCUT2D eigenvalue weighted by atomic mass is 16.6. The summed E-state index contributed by atoms with van der Waals surface area (Å²) in [6.45, 7) is 3.18. The van der Waals surface area contributed by atoms with Crippen molar-refractivity contribution in [2.24, 2.45) is 0 Å². The molecule has 5 rings (SSSR count). The van der Waals surface area contributed by atoms with Gasteiger partial charge >= 0.3 is 0 Å². The predicted octanol–water partition coefficient (Wildman–Crippen LogP) is 1.49. The summed E-state index contributed by atoms with van der Waals surface area (Å²) in [4.78, 5) is 13.6. The first-order chi connectivity index (χ1) is 15.1. The van der Waals surface area contributed by atoms with Crippen molar-refractivity contribution in [1.29, 1.82) is 0 Å². The van der Waals surface area contributed by atoms with E-state index in [0.717, 1.165) is 0 Å². The van der Waals surface area contributed by atoms with E-state index in [1.165, 1.54) is 32.4 Å². The van der Waals surface area contributed by atoms with E-state index in [2.05, 4.69) is 0 Å². The van der Waals surface area contributed by atoms with Gasteiger partial charge in [-0.2, -0.15) is 0 Å². The Labute approximate surface area is 184 Å². The van der Waals surface area contributed by atoms with Gasteiger partial charge in [-0.1, -0.05) is 0 Å². The van der Waals surface area contributed by atoms with E-state index in [9.17, 15) is 20.1 Å². The summed E-state index contributed by atoms with van der Waals surface area (Å²) < 4.78 is 28.3. The maximum Gasteiger partial charge on any atom is 0.206 e. The Morgan fingerprint density at radius 3 is 2.44 bits per heavy atom. The van der Waals surface area contributed by atoms with Crippen molar-refractivity contribution in [1.82, 2.24) is 0 Å². The minimum atomic E-state index is -2.05. The Morgan fingerprint density at radius 1 is 1.06 bits per heavy atom. The summed E-state index contributed by atoms with van der Waals surface area (Å²) in [5.74, 6) is 0.742. The van der Waals surface area contributed by atoms with Gasteiger partial charge in [-0.3, -0.25) is 4.79 Å². The van der Waals surface area contributed by atoms with Crippen LogP contribution in [-0.2, 0) is 5.60 Å². The molecule has 0 aromatic heterocycles. The molecule has 0 bridgehead atoms. The third-order valence-electron chi connectivity index (χ3n) is 6.44. The van der Waals surface area contributed by atoms with Gasteiger partial charge in [-0.05, 0) is 32.0 Å². The highest BCUT2D eigenvalue weighted by Crippen LogP contribution is 2.53. The number of Topliss-reactive ketones (excluding diaryl/α,β-unsaturated/α-hetero) is 1. The number of ketones is 1. The molecule has 2 aromatic carbocycles. The van der Waals surface area contributed by atoms with Gasteiger partial charge in [0.05, 0.1) is 25.3 Å². The lowest BCUT2D eigenvalue weighted by molar-refractivity contribution is -0.116. The molecule has 3 aliphatic rings. The van der Waals surface area contributed by atoms with Crippen LogP contribution in [0.2, 0.25) is 0 Å². The highest BCUT2D eigenvalue weighted by molar-refractivity contribution is 6.07. The van der Waals surface area contributed by atoms with E-state index in [0.29, 0.717) is 17.2 Å². The van der Waals surface area contributed by atoms with Crippen LogP contribution in [0.15, 0.2) is 24.3 Å². The fraction of sp³-hybridized carbons (Fsp3) is 0.435. The quantitative estimate of drug-likeness (QED) is 0.632. The van der Waals surface area contributed by atoms with Crippen LogP contribution >= 0.6 is 0 Å². The molecule has 4 atom stereocenters. The maximum absolute atomic E-state index is 13.6. The SMILES string of the molecule is COc1cc2c(cc1OC)[C@]1(O)C(=O)c3ccc4c(c3O[C@@H]1CO2)[C@@H](O)[C@@H](O)C(C)(C)O4. The van der Waals surface area contributed by atoms with Crippen molar-refractivity contribution in [2.45, 2.75) is 43.4 Å². The first-order valence-electron chi connectivity index (χ1n) is 10.2. The number of aliphatic hydroxyl groups excluding tert-OH is 2. The summed E-state index contributed by atoms with van der Waals surface area (Å²) in [7, 11) is 2.92. The third-order valence-corrected chi connectivity index (χ3v) is 6.44.